The van der Waals surface area contributed by atoms with Gasteiger partial charge in [0.1, 0.15) is 5.82 Å². The Bertz CT molecular complexity index is 958. The second kappa shape index (κ2) is 7.70. The van der Waals surface area contributed by atoms with Crippen LogP contribution in [0, 0.1) is 17.5 Å². The number of hydrogen-bond donors (Lipinski definition) is 0. The normalized spacial score (nSPS) is 11.3. The summed E-state index contributed by atoms with van der Waals surface area (Å²) in [5.74, 6) is 0.488. The van der Waals surface area contributed by atoms with Crippen molar-refractivity contribution in [3.63, 3.8) is 0 Å². The Morgan fingerprint density at radius 3 is 2.54 bits per heavy atom. The van der Waals surface area contributed by atoms with E-state index in [4.69, 9.17) is 23.8 Å². The van der Waals surface area contributed by atoms with Crippen LogP contribution >= 0.6 is 23.8 Å². The second-order valence-electron chi connectivity index (χ2n) is 6.39. The third-order valence-electron chi connectivity index (χ3n) is 4.22. The number of aromatic nitrogens is 3. The van der Waals surface area contributed by atoms with E-state index in [0.29, 0.717) is 28.6 Å². The molecule has 26 heavy (non-hydrogen) atoms. The van der Waals surface area contributed by atoms with Crippen LogP contribution < -0.4 is 0 Å². The standard InChI is InChI=1S/C19H20ClFN4S/c1-13-7-9-14(10-8-13)18-22-25(19(26)24(18)3)12-23(2)11-15-16(20)5-4-6-17(15)21/h4-10H,11-12H2,1-3H3. The fraction of sp³-hybridized carbons (Fsp3) is 0.263. The van der Waals surface area contributed by atoms with Crippen molar-refractivity contribution in [2.24, 2.45) is 7.05 Å². The first kappa shape index (κ1) is 18.8. The van der Waals surface area contributed by atoms with E-state index in [2.05, 4.69) is 5.10 Å². The highest BCUT2D eigenvalue weighted by Crippen LogP contribution is 2.21. The molecule has 0 amide bonds. The molecule has 0 aliphatic heterocycles. The molecular formula is C19H20ClFN4S. The molecule has 4 nitrogen and oxygen atoms in total. The van der Waals surface area contributed by atoms with Crippen molar-refractivity contribution >= 4 is 23.8 Å². The van der Waals surface area contributed by atoms with Crippen LogP contribution in [0.3, 0.4) is 0 Å². The lowest BCUT2D eigenvalue weighted by atomic mass is 10.1. The third kappa shape index (κ3) is 3.87. The Kier molecular flexibility index (Phi) is 5.55. The van der Waals surface area contributed by atoms with Gasteiger partial charge >= 0.3 is 0 Å². The summed E-state index contributed by atoms with van der Waals surface area (Å²) in [6.45, 7) is 2.84. The van der Waals surface area contributed by atoms with E-state index >= 15 is 0 Å². The van der Waals surface area contributed by atoms with Crippen LogP contribution in [0.25, 0.3) is 11.4 Å². The summed E-state index contributed by atoms with van der Waals surface area (Å²) in [5.41, 5.74) is 2.66. The fourth-order valence-electron chi connectivity index (χ4n) is 2.77. The van der Waals surface area contributed by atoms with Gasteiger partial charge in [-0.2, -0.15) is 5.10 Å². The molecule has 7 heteroatoms. The van der Waals surface area contributed by atoms with Crippen LogP contribution in [0.2, 0.25) is 5.02 Å². The van der Waals surface area contributed by atoms with E-state index in [0.717, 1.165) is 11.4 Å². The van der Waals surface area contributed by atoms with E-state index in [1.807, 2.05) is 54.8 Å². The highest BCUT2D eigenvalue weighted by molar-refractivity contribution is 7.71. The summed E-state index contributed by atoms with van der Waals surface area (Å²) in [4.78, 5) is 1.92. The first-order valence-corrected chi connectivity index (χ1v) is 8.97. The molecule has 1 heterocycles. The molecule has 0 aliphatic carbocycles. The minimum Gasteiger partial charge on any atom is -0.303 e. The summed E-state index contributed by atoms with van der Waals surface area (Å²) in [6.07, 6.45) is 0. The minimum atomic E-state index is -0.311. The molecule has 0 saturated carbocycles. The van der Waals surface area contributed by atoms with Crippen molar-refractivity contribution in [2.75, 3.05) is 7.05 Å². The van der Waals surface area contributed by atoms with Gasteiger partial charge in [0, 0.05) is 29.7 Å². The smallest absolute Gasteiger partial charge is 0.199 e. The quantitative estimate of drug-likeness (QED) is 0.585. The van der Waals surface area contributed by atoms with Crippen molar-refractivity contribution in [3.05, 3.63) is 69.2 Å². The fourth-order valence-corrected chi connectivity index (χ4v) is 3.17. The van der Waals surface area contributed by atoms with Gasteiger partial charge in [-0.3, -0.25) is 4.90 Å². The first-order chi connectivity index (χ1) is 12.4. The summed E-state index contributed by atoms with van der Waals surface area (Å²) in [7, 11) is 3.78. The van der Waals surface area contributed by atoms with Gasteiger partial charge in [-0.05, 0) is 38.3 Å². The first-order valence-electron chi connectivity index (χ1n) is 8.19. The van der Waals surface area contributed by atoms with Gasteiger partial charge < -0.3 is 4.57 Å². The zero-order valence-corrected chi connectivity index (χ0v) is 16.5. The molecule has 0 atom stereocenters. The maximum atomic E-state index is 14.0. The Balaban J connectivity index is 1.83. The molecule has 1 aromatic heterocycles. The van der Waals surface area contributed by atoms with Gasteiger partial charge in [-0.15, -0.1) is 0 Å². The van der Waals surface area contributed by atoms with Crippen LogP contribution in [0.4, 0.5) is 4.39 Å². The van der Waals surface area contributed by atoms with E-state index in [9.17, 15) is 4.39 Å². The zero-order valence-electron chi connectivity index (χ0n) is 14.9. The molecule has 0 fully saturated rings. The highest BCUT2D eigenvalue weighted by Gasteiger charge is 2.14. The van der Waals surface area contributed by atoms with E-state index in [1.54, 1.807) is 16.8 Å². The molecule has 136 valence electrons. The number of benzene rings is 2. The van der Waals surface area contributed by atoms with Gasteiger partial charge in [0.2, 0.25) is 0 Å². The lowest BCUT2D eigenvalue weighted by molar-refractivity contribution is 0.241. The second-order valence-corrected chi connectivity index (χ2v) is 7.16. The minimum absolute atomic E-state index is 0.311. The van der Waals surface area contributed by atoms with Gasteiger partial charge in [0.05, 0.1) is 6.67 Å². The summed E-state index contributed by atoms with van der Waals surface area (Å²) >= 11 is 11.6. The third-order valence-corrected chi connectivity index (χ3v) is 5.05. The van der Waals surface area contributed by atoms with Crippen molar-refractivity contribution in [2.45, 2.75) is 20.1 Å². The molecule has 0 saturated heterocycles. The van der Waals surface area contributed by atoms with Crippen LogP contribution in [0.15, 0.2) is 42.5 Å². The molecule has 0 N–H and O–H groups in total. The van der Waals surface area contributed by atoms with Gasteiger partial charge in [0.15, 0.2) is 10.6 Å². The van der Waals surface area contributed by atoms with E-state index in [-0.39, 0.29) is 5.82 Å². The predicted octanol–water partition coefficient (Wildman–Crippen LogP) is 4.81. The maximum Gasteiger partial charge on any atom is 0.199 e. The van der Waals surface area contributed by atoms with Crippen molar-refractivity contribution in [1.29, 1.82) is 0 Å². The lowest BCUT2D eigenvalue weighted by Crippen LogP contribution is -2.23. The van der Waals surface area contributed by atoms with Gasteiger partial charge in [0.25, 0.3) is 0 Å². The lowest BCUT2D eigenvalue weighted by Gasteiger charge is -2.17. The van der Waals surface area contributed by atoms with Crippen LogP contribution in [0.5, 0.6) is 0 Å². The summed E-state index contributed by atoms with van der Waals surface area (Å²) in [5, 5.41) is 5.06. The molecular weight excluding hydrogens is 371 g/mol. The summed E-state index contributed by atoms with van der Waals surface area (Å²) < 4.78 is 18.2. The predicted molar refractivity (Wildman–Crippen MR) is 105 cm³/mol. The van der Waals surface area contributed by atoms with Crippen LogP contribution in [0.1, 0.15) is 11.1 Å². The molecule has 3 aromatic rings. The zero-order chi connectivity index (χ0) is 18.8. The van der Waals surface area contributed by atoms with E-state index in [1.165, 1.54) is 11.6 Å². The molecule has 0 aliphatic rings. The Labute approximate surface area is 162 Å². The van der Waals surface area contributed by atoms with Crippen LogP contribution in [-0.4, -0.2) is 26.3 Å². The monoisotopic (exact) mass is 390 g/mol. The van der Waals surface area contributed by atoms with E-state index < -0.39 is 0 Å². The van der Waals surface area contributed by atoms with Gasteiger partial charge in [-0.25, -0.2) is 9.07 Å². The Morgan fingerprint density at radius 1 is 1.19 bits per heavy atom. The molecule has 3 rings (SSSR count). The largest absolute Gasteiger partial charge is 0.303 e. The number of hydrogen-bond acceptors (Lipinski definition) is 3. The molecule has 2 aromatic carbocycles. The number of nitrogens with zero attached hydrogens (tertiary/aromatic N) is 4. The molecule has 0 bridgehead atoms. The summed E-state index contributed by atoms with van der Waals surface area (Å²) in [6, 6.07) is 12.9. The number of rotatable bonds is 5. The van der Waals surface area contributed by atoms with Crippen molar-refractivity contribution in [1.82, 2.24) is 19.2 Å². The average molecular weight is 391 g/mol. The van der Waals surface area contributed by atoms with Crippen molar-refractivity contribution in [3.8, 4) is 11.4 Å². The Hall–Kier alpha value is -2.02. The highest BCUT2D eigenvalue weighted by atomic mass is 35.5. The van der Waals surface area contributed by atoms with Gasteiger partial charge in [-0.1, -0.05) is 47.5 Å². The Morgan fingerprint density at radius 2 is 1.88 bits per heavy atom. The molecule has 0 radical (unpaired) electrons. The maximum absolute atomic E-state index is 14.0. The molecule has 0 unspecified atom stereocenters. The molecule has 0 spiro atoms. The SMILES string of the molecule is Cc1ccc(-c2nn(CN(C)Cc3c(F)cccc3Cl)c(=S)n2C)cc1. The number of halogens is 2. The van der Waals surface area contributed by atoms with Crippen LogP contribution in [-0.2, 0) is 20.3 Å². The average Bonchev–Trinajstić information content (AvgIpc) is 2.87. The van der Waals surface area contributed by atoms with Crippen molar-refractivity contribution < 1.29 is 4.39 Å². The topological polar surface area (TPSA) is 26.0 Å². The number of aryl methyl sites for hydroxylation is 1.